The molecule has 0 aliphatic rings. The number of benzene rings is 2. The van der Waals surface area contributed by atoms with E-state index < -0.39 is 0 Å². The smallest absolute Gasteiger partial charge is 0.150 e. The topological polar surface area (TPSA) is 26.3 Å². The first-order chi connectivity index (χ1) is 9.35. The maximum atomic E-state index is 11.2. The van der Waals surface area contributed by atoms with Gasteiger partial charge in [-0.1, -0.05) is 54.6 Å². The van der Waals surface area contributed by atoms with Crippen molar-refractivity contribution in [3.63, 3.8) is 0 Å². The Hall–Kier alpha value is -2.35. The van der Waals surface area contributed by atoms with Gasteiger partial charge in [-0.25, -0.2) is 0 Å². The molecule has 0 saturated heterocycles. The second-order valence-corrected chi connectivity index (χ2v) is 4.16. The Labute approximate surface area is 113 Å². The lowest BCUT2D eigenvalue weighted by molar-refractivity contribution is -0.103. The molecule has 96 valence electrons. The van der Waals surface area contributed by atoms with Crippen LogP contribution in [0.5, 0.6) is 5.75 Å². The van der Waals surface area contributed by atoms with Crippen LogP contribution in [0.2, 0.25) is 0 Å². The summed E-state index contributed by atoms with van der Waals surface area (Å²) in [5.41, 5.74) is 2.71. The third kappa shape index (κ3) is 3.32. The average Bonchev–Trinajstić information content (AvgIpc) is 2.49. The van der Waals surface area contributed by atoms with Crippen LogP contribution in [-0.4, -0.2) is 13.4 Å². The van der Waals surface area contributed by atoms with Crippen LogP contribution in [-0.2, 0) is 11.2 Å². The first kappa shape index (κ1) is 13.1. The van der Waals surface area contributed by atoms with Crippen molar-refractivity contribution in [1.29, 1.82) is 0 Å². The van der Waals surface area contributed by atoms with Gasteiger partial charge in [-0.3, -0.25) is 4.79 Å². The van der Waals surface area contributed by atoms with E-state index in [4.69, 9.17) is 4.74 Å². The van der Waals surface area contributed by atoms with Gasteiger partial charge >= 0.3 is 0 Å². The van der Waals surface area contributed by atoms with Crippen LogP contribution >= 0.6 is 0 Å². The van der Waals surface area contributed by atoms with Crippen LogP contribution in [0.15, 0.2) is 60.7 Å². The number of hydrogen-bond acceptors (Lipinski definition) is 2. The zero-order valence-corrected chi connectivity index (χ0v) is 10.9. The monoisotopic (exact) mass is 252 g/mol. The van der Waals surface area contributed by atoms with Gasteiger partial charge in [0.15, 0.2) is 0 Å². The van der Waals surface area contributed by atoms with Crippen molar-refractivity contribution in [2.75, 3.05) is 7.11 Å². The highest BCUT2D eigenvalue weighted by atomic mass is 16.5. The van der Waals surface area contributed by atoms with Crippen molar-refractivity contribution in [3.8, 4) is 5.75 Å². The van der Waals surface area contributed by atoms with Gasteiger partial charge < -0.3 is 4.74 Å². The molecule has 0 aromatic heterocycles. The molecular weight excluding hydrogens is 236 g/mol. The summed E-state index contributed by atoms with van der Waals surface area (Å²) in [6.07, 6.45) is 3.50. The first-order valence-electron chi connectivity index (χ1n) is 6.18. The number of rotatable bonds is 5. The van der Waals surface area contributed by atoms with Gasteiger partial charge in [0, 0.05) is 5.57 Å². The molecule has 0 spiro atoms. The lowest BCUT2D eigenvalue weighted by Gasteiger charge is -2.06. The zero-order chi connectivity index (χ0) is 13.5. The Morgan fingerprint density at radius 3 is 2.42 bits per heavy atom. The van der Waals surface area contributed by atoms with Gasteiger partial charge in [-0.15, -0.1) is 0 Å². The van der Waals surface area contributed by atoms with Gasteiger partial charge in [0.25, 0.3) is 0 Å². The van der Waals surface area contributed by atoms with Crippen molar-refractivity contribution < 1.29 is 9.53 Å². The first-order valence-corrected chi connectivity index (χ1v) is 6.18. The number of ether oxygens (including phenoxy) is 1. The molecule has 2 aromatic carbocycles. The third-order valence-electron chi connectivity index (χ3n) is 2.97. The summed E-state index contributed by atoms with van der Waals surface area (Å²) >= 11 is 0. The second kappa shape index (κ2) is 6.55. The maximum Gasteiger partial charge on any atom is 0.150 e. The maximum absolute atomic E-state index is 11.2. The fourth-order valence-electron chi connectivity index (χ4n) is 1.96. The number of hydrogen-bond donors (Lipinski definition) is 0. The fraction of sp³-hybridized carbons (Fsp3) is 0.118. The number of aldehydes is 1. The van der Waals surface area contributed by atoms with Crippen molar-refractivity contribution in [2.45, 2.75) is 6.42 Å². The molecule has 0 atom stereocenters. The number of carbonyl (C=O) groups excluding carboxylic acids is 1. The van der Waals surface area contributed by atoms with Crippen LogP contribution in [0.1, 0.15) is 11.1 Å². The minimum atomic E-state index is 0.674. The molecule has 2 aromatic rings. The molecule has 0 saturated carbocycles. The van der Waals surface area contributed by atoms with Gasteiger partial charge in [0.2, 0.25) is 0 Å². The molecule has 2 rings (SSSR count). The molecule has 0 aliphatic heterocycles. The number of para-hydroxylation sites is 1. The van der Waals surface area contributed by atoms with E-state index in [1.807, 2.05) is 60.7 Å². The van der Waals surface area contributed by atoms with E-state index in [0.29, 0.717) is 12.0 Å². The molecule has 19 heavy (non-hydrogen) atoms. The summed E-state index contributed by atoms with van der Waals surface area (Å²) in [7, 11) is 1.65. The molecule has 0 unspecified atom stereocenters. The predicted molar refractivity (Wildman–Crippen MR) is 77.2 cm³/mol. The third-order valence-corrected chi connectivity index (χ3v) is 2.97. The Kier molecular flexibility index (Phi) is 4.51. The van der Waals surface area contributed by atoms with E-state index in [0.717, 1.165) is 23.2 Å². The van der Waals surface area contributed by atoms with E-state index in [1.165, 1.54) is 0 Å². The lowest BCUT2D eigenvalue weighted by Crippen LogP contribution is -1.92. The molecule has 0 aliphatic carbocycles. The van der Waals surface area contributed by atoms with Crippen LogP contribution < -0.4 is 4.74 Å². The zero-order valence-electron chi connectivity index (χ0n) is 10.9. The summed E-state index contributed by atoms with van der Waals surface area (Å²) < 4.78 is 5.30. The highest BCUT2D eigenvalue weighted by Crippen LogP contribution is 2.20. The highest BCUT2D eigenvalue weighted by molar-refractivity contribution is 6.06. The highest BCUT2D eigenvalue weighted by Gasteiger charge is 2.02. The standard InChI is InChI=1S/C17H16O2/c1-19-17-10-6-5-9-15(17)11-12-16(13-18)14-7-3-2-4-8-14/h2-10,12-13H,11H2,1H3. The van der Waals surface area contributed by atoms with E-state index in [-0.39, 0.29) is 0 Å². The van der Waals surface area contributed by atoms with Crippen LogP contribution in [0.25, 0.3) is 5.57 Å². The Morgan fingerprint density at radius 2 is 1.74 bits per heavy atom. The van der Waals surface area contributed by atoms with Crippen molar-refractivity contribution >= 4 is 11.9 Å². The molecule has 0 N–H and O–H groups in total. The molecule has 0 radical (unpaired) electrons. The Morgan fingerprint density at radius 1 is 1.05 bits per heavy atom. The minimum absolute atomic E-state index is 0.674. The summed E-state index contributed by atoms with van der Waals surface area (Å²) in [5.74, 6) is 0.845. The van der Waals surface area contributed by atoms with E-state index in [2.05, 4.69) is 0 Å². The lowest BCUT2D eigenvalue weighted by atomic mass is 10.0. The summed E-state index contributed by atoms with van der Waals surface area (Å²) in [6.45, 7) is 0. The fourth-order valence-corrected chi connectivity index (χ4v) is 1.96. The van der Waals surface area contributed by atoms with Crippen LogP contribution in [0.4, 0.5) is 0 Å². The van der Waals surface area contributed by atoms with E-state index >= 15 is 0 Å². The van der Waals surface area contributed by atoms with Gasteiger partial charge in [-0.05, 0) is 23.6 Å². The molecule has 0 amide bonds. The van der Waals surface area contributed by atoms with Crippen LogP contribution in [0.3, 0.4) is 0 Å². The van der Waals surface area contributed by atoms with E-state index in [1.54, 1.807) is 7.11 Å². The van der Waals surface area contributed by atoms with Gasteiger partial charge in [0.1, 0.15) is 12.0 Å². The summed E-state index contributed by atoms with van der Waals surface area (Å²) in [6, 6.07) is 17.5. The second-order valence-electron chi connectivity index (χ2n) is 4.16. The predicted octanol–water partition coefficient (Wildman–Crippen LogP) is 3.52. The average molecular weight is 252 g/mol. The molecular formula is C17H16O2. The summed E-state index contributed by atoms with van der Waals surface area (Å²) in [4.78, 5) is 11.2. The minimum Gasteiger partial charge on any atom is -0.496 e. The Balaban J connectivity index is 2.23. The molecule has 2 nitrogen and oxygen atoms in total. The van der Waals surface area contributed by atoms with Crippen molar-refractivity contribution in [3.05, 3.63) is 71.8 Å². The molecule has 0 bridgehead atoms. The molecule has 0 heterocycles. The normalized spacial score (nSPS) is 11.1. The van der Waals surface area contributed by atoms with Crippen molar-refractivity contribution in [1.82, 2.24) is 0 Å². The summed E-state index contributed by atoms with van der Waals surface area (Å²) in [5, 5.41) is 0. The van der Waals surface area contributed by atoms with Crippen LogP contribution in [0, 0.1) is 0 Å². The Bertz CT molecular complexity index is 571. The number of methoxy groups -OCH3 is 1. The quantitative estimate of drug-likeness (QED) is 0.601. The number of allylic oxidation sites excluding steroid dienone is 2. The molecule has 0 fully saturated rings. The molecule has 2 heteroatoms. The van der Waals surface area contributed by atoms with Gasteiger partial charge in [0.05, 0.1) is 7.11 Å². The largest absolute Gasteiger partial charge is 0.496 e. The SMILES string of the molecule is COc1ccccc1CC=C(C=O)c1ccccc1. The number of carbonyl (C=O) groups is 1. The van der Waals surface area contributed by atoms with E-state index in [9.17, 15) is 4.79 Å². The van der Waals surface area contributed by atoms with Gasteiger partial charge in [-0.2, -0.15) is 0 Å². The van der Waals surface area contributed by atoms with Crippen molar-refractivity contribution in [2.24, 2.45) is 0 Å².